The van der Waals surface area contributed by atoms with Gasteiger partial charge in [-0.3, -0.25) is 4.79 Å². The molecular formula is C23H27BrFN3O. The first-order chi connectivity index (χ1) is 14.0. The molecule has 0 atom stereocenters. The van der Waals surface area contributed by atoms with Gasteiger partial charge in [-0.1, -0.05) is 48.7 Å². The van der Waals surface area contributed by atoms with Crippen molar-refractivity contribution in [1.82, 2.24) is 14.5 Å². The Morgan fingerprint density at radius 2 is 1.97 bits per heavy atom. The predicted molar refractivity (Wildman–Crippen MR) is 118 cm³/mol. The van der Waals surface area contributed by atoms with Crippen LogP contribution < -0.4 is 0 Å². The maximum absolute atomic E-state index is 13.7. The average Bonchev–Trinajstić information content (AvgIpc) is 3.03. The minimum atomic E-state index is -0.296. The first-order valence-corrected chi connectivity index (χ1v) is 11.0. The molecule has 1 aromatic heterocycles. The minimum Gasteiger partial charge on any atom is -0.331 e. The summed E-state index contributed by atoms with van der Waals surface area (Å²) in [6.07, 6.45) is 4.04. The molecule has 0 aliphatic carbocycles. The molecule has 0 radical (unpaired) electrons. The highest BCUT2D eigenvalue weighted by molar-refractivity contribution is 9.10. The van der Waals surface area contributed by atoms with E-state index < -0.39 is 0 Å². The number of hydrogen-bond donors (Lipinski definition) is 0. The molecule has 0 spiro atoms. The smallest absolute Gasteiger partial charge is 0.254 e. The van der Waals surface area contributed by atoms with Crippen molar-refractivity contribution in [2.75, 3.05) is 6.54 Å². The zero-order valence-corrected chi connectivity index (χ0v) is 18.6. The molecule has 0 N–H and O–H groups in total. The third-order valence-electron chi connectivity index (χ3n) is 4.96. The second-order valence-corrected chi connectivity index (χ2v) is 8.17. The molecule has 6 heteroatoms. The summed E-state index contributed by atoms with van der Waals surface area (Å²) in [7, 11) is 0. The van der Waals surface area contributed by atoms with Gasteiger partial charge in [-0.05, 0) is 43.2 Å². The molecule has 0 unspecified atom stereocenters. The van der Waals surface area contributed by atoms with Crippen molar-refractivity contribution in [3.63, 3.8) is 0 Å². The molecule has 1 amide bonds. The molecule has 0 bridgehead atoms. The molecule has 29 heavy (non-hydrogen) atoms. The van der Waals surface area contributed by atoms with Crippen LogP contribution in [0.25, 0.3) is 11.0 Å². The van der Waals surface area contributed by atoms with Crippen LogP contribution in [0.5, 0.6) is 0 Å². The summed E-state index contributed by atoms with van der Waals surface area (Å²) in [5.74, 6) is 0.492. The second-order valence-electron chi connectivity index (χ2n) is 7.26. The fourth-order valence-electron chi connectivity index (χ4n) is 3.53. The van der Waals surface area contributed by atoms with E-state index in [0.717, 1.165) is 48.0 Å². The number of hydrogen-bond acceptors (Lipinski definition) is 2. The lowest BCUT2D eigenvalue weighted by atomic mass is 10.1. The molecule has 3 aromatic rings. The van der Waals surface area contributed by atoms with Crippen molar-refractivity contribution in [1.29, 1.82) is 0 Å². The van der Waals surface area contributed by atoms with Crippen LogP contribution in [0.2, 0.25) is 0 Å². The van der Waals surface area contributed by atoms with Gasteiger partial charge in [-0.2, -0.15) is 0 Å². The van der Waals surface area contributed by atoms with Crippen LogP contribution in [-0.4, -0.2) is 26.9 Å². The van der Waals surface area contributed by atoms with Crippen LogP contribution in [0.15, 0.2) is 46.9 Å². The van der Waals surface area contributed by atoms with Crippen LogP contribution >= 0.6 is 15.9 Å². The Morgan fingerprint density at radius 1 is 1.14 bits per heavy atom. The van der Waals surface area contributed by atoms with Crippen molar-refractivity contribution < 1.29 is 9.18 Å². The van der Waals surface area contributed by atoms with E-state index in [4.69, 9.17) is 0 Å². The Hall–Kier alpha value is -2.21. The van der Waals surface area contributed by atoms with E-state index in [2.05, 4.69) is 39.3 Å². The van der Waals surface area contributed by atoms with Crippen LogP contribution in [0, 0.1) is 5.82 Å². The van der Waals surface area contributed by atoms with E-state index in [1.54, 1.807) is 6.07 Å². The Kier molecular flexibility index (Phi) is 7.42. The molecular weight excluding hydrogens is 433 g/mol. The molecule has 4 nitrogen and oxygen atoms in total. The van der Waals surface area contributed by atoms with Gasteiger partial charge in [0.05, 0.1) is 17.6 Å². The standard InChI is InChI=1S/C23H27BrFN3O/c1-3-5-6-13-27(23(29)17-8-7-9-18(24)14-17)16-22-26-20-15-19(25)10-11-21(20)28(22)12-4-2/h7-11,14-15H,3-6,12-13,16H2,1-2H3. The quantitative estimate of drug-likeness (QED) is 0.358. The number of rotatable bonds is 9. The monoisotopic (exact) mass is 459 g/mol. The Bertz CT molecular complexity index is 985. The Balaban J connectivity index is 1.94. The van der Waals surface area contributed by atoms with Gasteiger partial charge in [0.2, 0.25) is 0 Å². The number of benzene rings is 2. The first-order valence-electron chi connectivity index (χ1n) is 10.2. The molecule has 0 aliphatic rings. The molecule has 154 valence electrons. The molecule has 0 aliphatic heterocycles. The van der Waals surface area contributed by atoms with Crippen LogP contribution in [0.4, 0.5) is 4.39 Å². The summed E-state index contributed by atoms with van der Waals surface area (Å²) in [6.45, 7) is 6.11. The number of imidazole rings is 1. The highest BCUT2D eigenvalue weighted by Crippen LogP contribution is 2.21. The highest BCUT2D eigenvalue weighted by atomic mass is 79.9. The number of aryl methyl sites for hydroxylation is 1. The van der Waals surface area contributed by atoms with Gasteiger partial charge in [0.15, 0.2) is 0 Å². The zero-order chi connectivity index (χ0) is 20.8. The van der Waals surface area contributed by atoms with E-state index >= 15 is 0 Å². The number of unbranched alkanes of at least 4 members (excludes halogenated alkanes) is 2. The number of nitrogens with zero attached hydrogens (tertiary/aromatic N) is 3. The fraction of sp³-hybridized carbons (Fsp3) is 0.391. The summed E-state index contributed by atoms with van der Waals surface area (Å²) in [5.41, 5.74) is 2.20. The van der Waals surface area contributed by atoms with Gasteiger partial charge >= 0.3 is 0 Å². The topological polar surface area (TPSA) is 38.1 Å². The van der Waals surface area contributed by atoms with Crippen molar-refractivity contribution >= 4 is 32.9 Å². The maximum atomic E-state index is 13.7. The Morgan fingerprint density at radius 3 is 2.69 bits per heavy atom. The molecule has 3 rings (SSSR count). The number of carbonyl (C=O) groups is 1. The molecule has 0 saturated carbocycles. The molecule has 0 saturated heterocycles. The van der Waals surface area contributed by atoms with E-state index in [1.165, 1.54) is 12.1 Å². The summed E-state index contributed by atoms with van der Waals surface area (Å²) in [4.78, 5) is 19.8. The van der Waals surface area contributed by atoms with Gasteiger partial charge < -0.3 is 9.47 Å². The number of halogens is 2. The fourth-order valence-corrected chi connectivity index (χ4v) is 3.93. The van der Waals surface area contributed by atoms with Crippen molar-refractivity contribution in [3.8, 4) is 0 Å². The first kappa shape index (κ1) is 21.5. The van der Waals surface area contributed by atoms with E-state index in [1.807, 2.05) is 29.2 Å². The number of fused-ring (bicyclic) bond motifs is 1. The largest absolute Gasteiger partial charge is 0.331 e. The number of aromatic nitrogens is 2. The van der Waals surface area contributed by atoms with Gasteiger partial charge in [0, 0.05) is 29.2 Å². The lowest BCUT2D eigenvalue weighted by molar-refractivity contribution is 0.0734. The SMILES string of the molecule is CCCCCN(Cc1nc2cc(F)ccc2n1CCC)C(=O)c1cccc(Br)c1. The van der Waals surface area contributed by atoms with Crippen molar-refractivity contribution in [2.24, 2.45) is 0 Å². The van der Waals surface area contributed by atoms with Gasteiger partial charge in [-0.15, -0.1) is 0 Å². The summed E-state index contributed by atoms with van der Waals surface area (Å²) in [6, 6.07) is 12.2. The van der Waals surface area contributed by atoms with Crippen LogP contribution in [0.1, 0.15) is 55.7 Å². The zero-order valence-electron chi connectivity index (χ0n) is 17.0. The van der Waals surface area contributed by atoms with Gasteiger partial charge in [-0.25, -0.2) is 9.37 Å². The highest BCUT2D eigenvalue weighted by Gasteiger charge is 2.20. The summed E-state index contributed by atoms with van der Waals surface area (Å²) in [5, 5.41) is 0. The molecule has 1 heterocycles. The van der Waals surface area contributed by atoms with E-state index in [-0.39, 0.29) is 11.7 Å². The molecule has 0 fully saturated rings. The second kappa shape index (κ2) is 10.0. The summed E-state index contributed by atoms with van der Waals surface area (Å²) < 4.78 is 16.7. The van der Waals surface area contributed by atoms with Gasteiger partial charge in [0.1, 0.15) is 11.6 Å². The minimum absolute atomic E-state index is 0.0105. The number of amides is 1. The van der Waals surface area contributed by atoms with Crippen LogP contribution in [0.3, 0.4) is 0 Å². The predicted octanol–water partition coefficient (Wildman–Crippen LogP) is 6.18. The lowest BCUT2D eigenvalue weighted by Gasteiger charge is -2.23. The Labute approximate surface area is 179 Å². The van der Waals surface area contributed by atoms with E-state index in [0.29, 0.717) is 24.2 Å². The van der Waals surface area contributed by atoms with E-state index in [9.17, 15) is 9.18 Å². The average molecular weight is 460 g/mol. The van der Waals surface area contributed by atoms with Crippen molar-refractivity contribution in [3.05, 3.63) is 64.1 Å². The molecule has 2 aromatic carbocycles. The third kappa shape index (κ3) is 5.24. The third-order valence-corrected chi connectivity index (χ3v) is 5.45. The van der Waals surface area contributed by atoms with Crippen LogP contribution in [-0.2, 0) is 13.1 Å². The van der Waals surface area contributed by atoms with Crippen molar-refractivity contribution in [2.45, 2.75) is 52.6 Å². The number of carbonyl (C=O) groups excluding carboxylic acids is 1. The summed E-state index contributed by atoms with van der Waals surface area (Å²) >= 11 is 3.45. The maximum Gasteiger partial charge on any atom is 0.254 e. The normalized spacial score (nSPS) is 11.2. The lowest BCUT2D eigenvalue weighted by Crippen LogP contribution is -2.32. The van der Waals surface area contributed by atoms with Gasteiger partial charge in [0.25, 0.3) is 5.91 Å².